The molecule has 0 spiro atoms. The Balaban J connectivity index is 2.08. The zero-order chi connectivity index (χ0) is 17.0. The number of amides is 1. The number of carbonyl (C=O) groups is 2. The van der Waals surface area contributed by atoms with E-state index in [-0.39, 0.29) is 27.0 Å². The molecule has 8 heteroatoms. The molecule has 0 unspecified atom stereocenters. The molecular weight excluding hydrogens is 340 g/mol. The number of phenols is 1. The first-order valence-corrected chi connectivity index (χ1v) is 7.10. The molecule has 0 saturated carbocycles. The van der Waals surface area contributed by atoms with Gasteiger partial charge in [0.2, 0.25) is 0 Å². The van der Waals surface area contributed by atoms with Crippen LogP contribution in [-0.2, 0) is 0 Å². The van der Waals surface area contributed by atoms with Crippen LogP contribution in [0.2, 0.25) is 5.02 Å². The lowest BCUT2D eigenvalue weighted by molar-refractivity contribution is 0.0693. The molecule has 0 heterocycles. The minimum atomic E-state index is -1.28. The molecule has 23 heavy (non-hydrogen) atoms. The van der Waals surface area contributed by atoms with E-state index in [2.05, 4.69) is 10.6 Å². The number of hydrogen-bond acceptors (Lipinski definition) is 4. The van der Waals surface area contributed by atoms with E-state index in [1.54, 1.807) is 24.3 Å². The van der Waals surface area contributed by atoms with Crippen LogP contribution in [0, 0.1) is 0 Å². The summed E-state index contributed by atoms with van der Waals surface area (Å²) in [4.78, 5) is 23.0. The minimum absolute atomic E-state index is 0.0306. The molecule has 0 aliphatic rings. The highest BCUT2D eigenvalue weighted by molar-refractivity contribution is 7.80. The summed E-state index contributed by atoms with van der Waals surface area (Å²) in [6.45, 7) is 0. The highest BCUT2D eigenvalue weighted by atomic mass is 35.5. The Kier molecular flexibility index (Phi) is 5.15. The maximum Gasteiger partial charge on any atom is 0.339 e. The van der Waals surface area contributed by atoms with E-state index in [9.17, 15) is 14.7 Å². The fourth-order valence-corrected chi connectivity index (χ4v) is 2.20. The third-order valence-electron chi connectivity index (χ3n) is 2.83. The van der Waals surface area contributed by atoms with Gasteiger partial charge in [-0.05, 0) is 42.5 Å². The molecule has 0 saturated heterocycles. The Hall–Kier alpha value is -2.64. The number of benzene rings is 2. The lowest BCUT2D eigenvalue weighted by atomic mass is 10.2. The minimum Gasteiger partial charge on any atom is -0.507 e. The summed E-state index contributed by atoms with van der Waals surface area (Å²) in [5.74, 6) is -2.14. The summed E-state index contributed by atoms with van der Waals surface area (Å²) in [5, 5.41) is 23.7. The topological polar surface area (TPSA) is 98.7 Å². The first-order chi connectivity index (χ1) is 10.9. The van der Waals surface area contributed by atoms with Gasteiger partial charge in [0.15, 0.2) is 5.11 Å². The van der Waals surface area contributed by atoms with Crippen molar-refractivity contribution in [3.8, 4) is 5.75 Å². The van der Waals surface area contributed by atoms with Crippen molar-refractivity contribution in [3.63, 3.8) is 0 Å². The maximum absolute atomic E-state index is 12.0. The second-order valence-corrected chi connectivity index (χ2v) is 5.24. The van der Waals surface area contributed by atoms with Gasteiger partial charge in [-0.25, -0.2) is 4.79 Å². The second-order valence-electron chi connectivity index (χ2n) is 4.43. The van der Waals surface area contributed by atoms with Gasteiger partial charge in [0.05, 0.1) is 10.6 Å². The van der Waals surface area contributed by atoms with Gasteiger partial charge >= 0.3 is 5.97 Å². The van der Waals surface area contributed by atoms with Crippen LogP contribution >= 0.6 is 23.8 Å². The van der Waals surface area contributed by atoms with Crippen LogP contribution < -0.4 is 10.6 Å². The highest BCUT2D eigenvalue weighted by Gasteiger charge is 2.13. The molecular formula is C15H11ClN2O4S. The molecule has 2 aromatic carbocycles. The van der Waals surface area contributed by atoms with E-state index in [0.717, 1.165) is 0 Å². The lowest BCUT2D eigenvalue weighted by Crippen LogP contribution is -2.34. The molecule has 6 nitrogen and oxygen atoms in total. The smallest absolute Gasteiger partial charge is 0.339 e. The van der Waals surface area contributed by atoms with E-state index >= 15 is 0 Å². The van der Waals surface area contributed by atoms with Crippen molar-refractivity contribution in [2.75, 3.05) is 5.32 Å². The van der Waals surface area contributed by atoms with Crippen molar-refractivity contribution >= 4 is 46.5 Å². The van der Waals surface area contributed by atoms with Crippen molar-refractivity contribution in [1.82, 2.24) is 5.32 Å². The fraction of sp³-hybridized carbons (Fsp3) is 0. The molecule has 2 rings (SSSR count). The molecule has 4 N–H and O–H groups in total. The van der Waals surface area contributed by atoms with Gasteiger partial charge in [-0.2, -0.15) is 0 Å². The average molecular weight is 351 g/mol. The molecule has 0 aromatic heterocycles. The van der Waals surface area contributed by atoms with E-state index in [0.29, 0.717) is 5.69 Å². The highest BCUT2D eigenvalue weighted by Crippen LogP contribution is 2.21. The van der Waals surface area contributed by atoms with Gasteiger partial charge in [-0.3, -0.25) is 10.1 Å². The van der Waals surface area contributed by atoms with Gasteiger partial charge < -0.3 is 15.5 Å². The van der Waals surface area contributed by atoms with Gasteiger partial charge in [0, 0.05) is 5.69 Å². The molecule has 2 aromatic rings. The molecule has 0 fully saturated rings. The number of carboxylic acid groups (broad SMARTS) is 1. The molecule has 118 valence electrons. The van der Waals surface area contributed by atoms with E-state index in [1.165, 1.54) is 18.2 Å². The third-order valence-corrected chi connectivity index (χ3v) is 3.36. The lowest BCUT2D eigenvalue weighted by Gasteiger charge is -2.11. The summed E-state index contributed by atoms with van der Waals surface area (Å²) in [7, 11) is 0. The number of nitrogens with one attached hydrogen (secondary N) is 2. The predicted molar refractivity (Wildman–Crippen MR) is 90.2 cm³/mol. The Labute approximate surface area is 141 Å². The fourth-order valence-electron chi connectivity index (χ4n) is 1.76. The maximum atomic E-state index is 12.0. The number of anilines is 1. The van der Waals surface area contributed by atoms with Crippen LogP contribution in [0.5, 0.6) is 5.75 Å². The van der Waals surface area contributed by atoms with Crippen LogP contribution in [0.15, 0.2) is 42.5 Å². The van der Waals surface area contributed by atoms with Gasteiger partial charge in [-0.1, -0.05) is 23.7 Å². The summed E-state index contributed by atoms with van der Waals surface area (Å²) >= 11 is 10.9. The van der Waals surface area contributed by atoms with Crippen LogP contribution in [0.25, 0.3) is 0 Å². The van der Waals surface area contributed by atoms with Crippen LogP contribution in [-0.4, -0.2) is 27.2 Å². The Morgan fingerprint density at radius 3 is 2.43 bits per heavy atom. The first kappa shape index (κ1) is 16.7. The van der Waals surface area contributed by atoms with Crippen molar-refractivity contribution < 1.29 is 19.8 Å². The number of carbonyl (C=O) groups excluding carboxylic acids is 1. The summed E-state index contributed by atoms with van der Waals surface area (Å²) in [6.07, 6.45) is 0. The number of hydrogen-bond donors (Lipinski definition) is 4. The van der Waals surface area contributed by atoms with Gasteiger partial charge in [0.1, 0.15) is 11.3 Å². The molecule has 1 amide bonds. The van der Waals surface area contributed by atoms with Crippen molar-refractivity contribution in [3.05, 3.63) is 58.6 Å². The van der Waals surface area contributed by atoms with E-state index < -0.39 is 11.9 Å². The van der Waals surface area contributed by atoms with Crippen molar-refractivity contribution in [1.29, 1.82) is 0 Å². The molecule has 0 atom stereocenters. The molecule has 0 bridgehead atoms. The van der Waals surface area contributed by atoms with Crippen molar-refractivity contribution in [2.24, 2.45) is 0 Å². The average Bonchev–Trinajstić information content (AvgIpc) is 2.49. The Bertz CT molecular complexity index is 795. The number of rotatable bonds is 3. The van der Waals surface area contributed by atoms with E-state index in [4.69, 9.17) is 28.9 Å². The van der Waals surface area contributed by atoms with Crippen LogP contribution in [0.4, 0.5) is 5.69 Å². The van der Waals surface area contributed by atoms with Crippen molar-refractivity contribution in [2.45, 2.75) is 0 Å². The Morgan fingerprint density at radius 2 is 1.78 bits per heavy atom. The largest absolute Gasteiger partial charge is 0.507 e. The normalized spacial score (nSPS) is 9.96. The number of carboxylic acids is 1. The summed E-state index contributed by atoms with van der Waals surface area (Å²) in [6, 6.07) is 10.3. The van der Waals surface area contributed by atoms with Gasteiger partial charge in [0.25, 0.3) is 5.91 Å². The monoisotopic (exact) mass is 350 g/mol. The molecule has 0 radical (unpaired) electrons. The Morgan fingerprint density at radius 1 is 1.09 bits per heavy atom. The molecule has 0 aliphatic carbocycles. The number of aromatic hydroxyl groups is 1. The van der Waals surface area contributed by atoms with Crippen LogP contribution in [0.3, 0.4) is 0 Å². The van der Waals surface area contributed by atoms with E-state index in [1.807, 2.05) is 0 Å². The van der Waals surface area contributed by atoms with Crippen LogP contribution in [0.1, 0.15) is 20.7 Å². The first-order valence-electron chi connectivity index (χ1n) is 6.31. The zero-order valence-corrected chi connectivity index (χ0v) is 13.1. The van der Waals surface area contributed by atoms with Gasteiger partial charge in [-0.15, -0.1) is 0 Å². The SMILES string of the molecule is O=C(O)c1cc(NC(=S)NC(=O)c2ccccc2Cl)ccc1O. The summed E-state index contributed by atoms with van der Waals surface area (Å²) < 4.78 is 0. The standard InChI is InChI=1S/C15H11ClN2O4S/c16-11-4-2-1-3-9(11)13(20)18-15(23)17-8-5-6-12(19)10(7-8)14(21)22/h1-7,19H,(H,21,22)(H2,17,18,20,23). The molecule has 0 aliphatic heterocycles. The quantitative estimate of drug-likeness (QED) is 0.502. The summed E-state index contributed by atoms with van der Waals surface area (Å²) in [5.41, 5.74) is 0.287. The number of halogens is 1. The number of aromatic carboxylic acids is 1. The predicted octanol–water partition coefficient (Wildman–Crippen LogP) is 2.87. The number of thiocarbonyl (C=S) groups is 1. The second kappa shape index (κ2) is 7.08. The third kappa shape index (κ3) is 4.18. The zero-order valence-electron chi connectivity index (χ0n) is 11.5.